The van der Waals surface area contributed by atoms with E-state index in [0.29, 0.717) is 0 Å². The van der Waals surface area contributed by atoms with E-state index in [1.165, 1.54) is 70.9 Å². The molecule has 0 fully saturated rings. The molecule has 10 aromatic rings. The van der Waals surface area contributed by atoms with Crippen LogP contribution in [0.4, 0.5) is 0 Å². The van der Waals surface area contributed by atoms with Gasteiger partial charge in [0, 0.05) is 10.8 Å². The van der Waals surface area contributed by atoms with Gasteiger partial charge in [0.25, 0.3) is 0 Å². The van der Waals surface area contributed by atoms with Gasteiger partial charge in [-0.15, -0.1) is 0 Å². The van der Waals surface area contributed by atoms with E-state index in [0.717, 1.165) is 27.5 Å². The summed E-state index contributed by atoms with van der Waals surface area (Å²) in [5, 5.41) is 12.2. The van der Waals surface area contributed by atoms with Gasteiger partial charge in [0.1, 0.15) is 11.2 Å². The first kappa shape index (κ1) is 26.1. The molecule has 1 heterocycles. The minimum Gasteiger partial charge on any atom is -0.456 e. The zero-order valence-corrected chi connectivity index (χ0v) is 25.6. The van der Waals surface area contributed by atoms with E-state index in [4.69, 9.17) is 4.42 Å². The summed E-state index contributed by atoms with van der Waals surface area (Å²) in [5.74, 6) is 0. The number of para-hydroxylation sites is 1. The van der Waals surface area contributed by atoms with Gasteiger partial charge >= 0.3 is 0 Å². The van der Waals surface area contributed by atoms with Crippen molar-refractivity contribution in [2.75, 3.05) is 0 Å². The maximum atomic E-state index is 6.38. The molecule has 10 rings (SSSR count). The van der Waals surface area contributed by atoms with Crippen molar-refractivity contribution in [3.8, 4) is 33.4 Å². The van der Waals surface area contributed by atoms with Gasteiger partial charge in [-0.05, 0) is 101 Å². The summed E-state index contributed by atoms with van der Waals surface area (Å²) in [6.07, 6.45) is 0. The van der Waals surface area contributed by atoms with Crippen molar-refractivity contribution in [2.24, 2.45) is 0 Å². The Morgan fingerprint density at radius 3 is 1.55 bits per heavy atom. The minimum absolute atomic E-state index is 0.911. The Bertz CT molecular complexity index is 2800. The van der Waals surface area contributed by atoms with E-state index in [1.54, 1.807) is 0 Å². The third-order valence-electron chi connectivity index (χ3n) is 9.84. The third-order valence-corrected chi connectivity index (χ3v) is 9.84. The molecule has 0 N–H and O–H groups in total. The molecule has 0 spiro atoms. The largest absolute Gasteiger partial charge is 0.456 e. The van der Waals surface area contributed by atoms with Crippen molar-refractivity contribution in [3.05, 3.63) is 170 Å². The molecule has 0 amide bonds. The molecule has 47 heavy (non-hydrogen) atoms. The molecule has 218 valence electrons. The lowest BCUT2D eigenvalue weighted by atomic mass is 9.82. The summed E-state index contributed by atoms with van der Waals surface area (Å²) >= 11 is 0. The van der Waals surface area contributed by atoms with Crippen molar-refractivity contribution in [3.63, 3.8) is 0 Å². The first-order valence-corrected chi connectivity index (χ1v) is 16.2. The Morgan fingerprint density at radius 2 is 0.809 bits per heavy atom. The zero-order valence-electron chi connectivity index (χ0n) is 25.6. The molecule has 0 saturated carbocycles. The van der Waals surface area contributed by atoms with Crippen molar-refractivity contribution >= 4 is 65.0 Å². The Kier molecular flexibility index (Phi) is 5.64. The maximum absolute atomic E-state index is 6.38. The van der Waals surface area contributed by atoms with Gasteiger partial charge in [0.05, 0.1) is 0 Å². The molecule has 0 saturated heterocycles. The molecular formula is C46H28O. The highest BCUT2D eigenvalue weighted by atomic mass is 16.3. The van der Waals surface area contributed by atoms with E-state index in [-0.39, 0.29) is 0 Å². The standard InChI is InChI=1S/C46H28O/c1-2-13-31-27-32(22-21-29(31)11-1)35-25-23-30-12-3-4-14-34(30)45(35)46-40-18-7-5-16-38(40)44(39-17-6-8-19-41(39)46)33-24-26-37-36-15-9-10-20-42(36)47-43(37)28-33/h1-28H. The quantitative estimate of drug-likeness (QED) is 0.185. The fourth-order valence-electron chi connectivity index (χ4n) is 7.73. The van der Waals surface area contributed by atoms with Gasteiger partial charge < -0.3 is 4.42 Å². The van der Waals surface area contributed by atoms with Crippen LogP contribution in [-0.2, 0) is 0 Å². The first-order chi connectivity index (χ1) is 23.3. The lowest BCUT2D eigenvalue weighted by Crippen LogP contribution is -1.94. The van der Waals surface area contributed by atoms with Gasteiger partial charge in [-0.1, -0.05) is 146 Å². The fourth-order valence-corrected chi connectivity index (χ4v) is 7.73. The van der Waals surface area contributed by atoms with Crippen LogP contribution in [0.1, 0.15) is 0 Å². The van der Waals surface area contributed by atoms with E-state index in [2.05, 4.69) is 158 Å². The van der Waals surface area contributed by atoms with E-state index in [9.17, 15) is 0 Å². The number of hydrogen-bond acceptors (Lipinski definition) is 1. The summed E-state index contributed by atoms with van der Waals surface area (Å²) in [4.78, 5) is 0. The molecule has 1 nitrogen and oxygen atoms in total. The van der Waals surface area contributed by atoms with Crippen LogP contribution in [0.15, 0.2) is 174 Å². The number of furan rings is 1. The minimum atomic E-state index is 0.911. The van der Waals surface area contributed by atoms with Crippen molar-refractivity contribution in [1.29, 1.82) is 0 Å². The number of rotatable bonds is 3. The SMILES string of the molecule is c1ccc2cc(-c3ccc4ccccc4c3-c3c4ccccc4c(-c4ccc5c(c4)oc4ccccc45)c4ccccc34)ccc2c1. The van der Waals surface area contributed by atoms with Crippen molar-refractivity contribution in [1.82, 2.24) is 0 Å². The topological polar surface area (TPSA) is 13.1 Å². The van der Waals surface area contributed by atoms with Crippen LogP contribution >= 0.6 is 0 Å². The third kappa shape index (κ3) is 3.97. The lowest BCUT2D eigenvalue weighted by Gasteiger charge is -2.21. The lowest BCUT2D eigenvalue weighted by molar-refractivity contribution is 0.669. The van der Waals surface area contributed by atoms with Crippen LogP contribution < -0.4 is 0 Å². The Morgan fingerprint density at radius 1 is 0.277 bits per heavy atom. The predicted octanol–water partition coefficient (Wildman–Crippen LogP) is 13.2. The molecule has 0 aliphatic rings. The summed E-state index contributed by atoms with van der Waals surface area (Å²) in [6, 6.07) is 61.7. The summed E-state index contributed by atoms with van der Waals surface area (Å²) in [7, 11) is 0. The van der Waals surface area contributed by atoms with Crippen LogP contribution in [0.5, 0.6) is 0 Å². The second-order valence-corrected chi connectivity index (χ2v) is 12.4. The second-order valence-electron chi connectivity index (χ2n) is 12.4. The van der Waals surface area contributed by atoms with Gasteiger partial charge in [-0.2, -0.15) is 0 Å². The number of hydrogen-bond donors (Lipinski definition) is 0. The van der Waals surface area contributed by atoms with Crippen LogP contribution in [0.25, 0.3) is 98.4 Å². The maximum Gasteiger partial charge on any atom is 0.136 e. The predicted molar refractivity (Wildman–Crippen MR) is 200 cm³/mol. The second kappa shape index (κ2) is 10.2. The molecular weight excluding hydrogens is 569 g/mol. The van der Waals surface area contributed by atoms with Crippen LogP contribution in [0, 0.1) is 0 Å². The monoisotopic (exact) mass is 596 g/mol. The highest BCUT2D eigenvalue weighted by molar-refractivity contribution is 6.25. The molecule has 0 atom stereocenters. The van der Waals surface area contributed by atoms with Crippen molar-refractivity contribution in [2.45, 2.75) is 0 Å². The molecule has 0 aliphatic carbocycles. The number of benzene rings is 9. The molecule has 1 heteroatoms. The Hall–Kier alpha value is -6.18. The van der Waals surface area contributed by atoms with Gasteiger partial charge in [-0.3, -0.25) is 0 Å². The highest BCUT2D eigenvalue weighted by Gasteiger charge is 2.21. The summed E-state index contributed by atoms with van der Waals surface area (Å²) in [5.41, 5.74) is 9.21. The highest BCUT2D eigenvalue weighted by Crippen LogP contribution is 2.49. The first-order valence-electron chi connectivity index (χ1n) is 16.2. The van der Waals surface area contributed by atoms with Crippen molar-refractivity contribution < 1.29 is 4.42 Å². The zero-order chi connectivity index (χ0) is 30.9. The van der Waals surface area contributed by atoms with Crippen LogP contribution in [0.3, 0.4) is 0 Å². The molecule has 0 unspecified atom stereocenters. The summed E-state index contributed by atoms with van der Waals surface area (Å²) < 4.78 is 6.38. The van der Waals surface area contributed by atoms with Gasteiger partial charge in [0.2, 0.25) is 0 Å². The molecule has 9 aromatic carbocycles. The number of fused-ring (bicyclic) bond motifs is 7. The van der Waals surface area contributed by atoms with E-state index < -0.39 is 0 Å². The Labute approximate surface area is 271 Å². The molecule has 1 aromatic heterocycles. The van der Waals surface area contributed by atoms with Gasteiger partial charge in [-0.25, -0.2) is 0 Å². The molecule has 0 aliphatic heterocycles. The smallest absolute Gasteiger partial charge is 0.136 e. The van der Waals surface area contributed by atoms with E-state index >= 15 is 0 Å². The molecule has 0 radical (unpaired) electrons. The van der Waals surface area contributed by atoms with E-state index in [1.807, 2.05) is 12.1 Å². The average molecular weight is 597 g/mol. The Balaban J connectivity index is 1.33. The van der Waals surface area contributed by atoms with Crippen LogP contribution in [-0.4, -0.2) is 0 Å². The fraction of sp³-hybridized carbons (Fsp3) is 0. The summed E-state index contributed by atoms with van der Waals surface area (Å²) in [6.45, 7) is 0. The van der Waals surface area contributed by atoms with Crippen LogP contribution in [0.2, 0.25) is 0 Å². The molecule has 0 bridgehead atoms. The van der Waals surface area contributed by atoms with Gasteiger partial charge in [0.15, 0.2) is 0 Å². The normalized spacial score (nSPS) is 11.8. The average Bonchev–Trinajstić information content (AvgIpc) is 3.51.